The summed E-state index contributed by atoms with van der Waals surface area (Å²) in [5, 5.41) is 0.488. The van der Waals surface area contributed by atoms with Crippen molar-refractivity contribution in [3.05, 3.63) is 29.3 Å². The van der Waals surface area contributed by atoms with Gasteiger partial charge < -0.3 is 9.47 Å². The lowest BCUT2D eigenvalue weighted by Gasteiger charge is -2.07. The molecule has 0 saturated carbocycles. The Labute approximate surface area is 123 Å². The van der Waals surface area contributed by atoms with Crippen LogP contribution in [0.15, 0.2) is 24.3 Å². The molecule has 0 spiro atoms. The van der Waals surface area contributed by atoms with Gasteiger partial charge in [-0.25, -0.2) is 0 Å². The van der Waals surface area contributed by atoms with E-state index in [0.717, 1.165) is 0 Å². The number of esters is 2. The molecule has 5 heteroatoms. The number of rotatable bonds is 6. The quantitative estimate of drug-likeness (QED) is 0.460. The Morgan fingerprint density at radius 1 is 1.35 bits per heavy atom. The Morgan fingerprint density at radius 3 is 2.70 bits per heavy atom. The van der Waals surface area contributed by atoms with Crippen LogP contribution in [-0.2, 0) is 14.3 Å². The molecule has 106 valence electrons. The summed E-state index contributed by atoms with van der Waals surface area (Å²) in [6, 6.07) is 6.54. The maximum absolute atomic E-state index is 11.5. The summed E-state index contributed by atoms with van der Waals surface area (Å²) in [4.78, 5) is 22.8. The third-order valence-electron chi connectivity index (χ3n) is 2.33. The van der Waals surface area contributed by atoms with E-state index in [1.807, 2.05) is 0 Å². The zero-order chi connectivity index (χ0) is 15.0. The van der Waals surface area contributed by atoms with Gasteiger partial charge in [-0.05, 0) is 31.5 Å². The first-order valence-electron chi connectivity index (χ1n) is 6.13. The van der Waals surface area contributed by atoms with Crippen molar-refractivity contribution >= 4 is 23.5 Å². The van der Waals surface area contributed by atoms with Crippen LogP contribution >= 0.6 is 11.6 Å². The minimum absolute atomic E-state index is 0.117. The monoisotopic (exact) mass is 294 g/mol. The molecular weight excluding hydrogens is 280 g/mol. The van der Waals surface area contributed by atoms with Crippen LogP contribution in [0.2, 0.25) is 5.02 Å². The molecule has 0 saturated heterocycles. The lowest BCUT2D eigenvalue weighted by atomic mass is 10.2. The molecule has 1 aromatic rings. The van der Waals surface area contributed by atoms with Gasteiger partial charge in [0.1, 0.15) is 5.75 Å². The highest BCUT2D eigenvalue weighted by Gasteiger charge is 2.10. The van der Waals surface area contributed by atoms with Gasteiger partial charge in [-0.2, -0.15) is 0 Å². The molecule has 20 heavy (non-hydrogen) atoms. The van der Waals surface area contributed by atoms with E-state index in [4.69, 9.17) is 27.5 Å². The second kappa shape index (κ2) is 8.23. The average Bonchev–Trinajstić information content (AvgIpc) is 2.38. The molecule has 0 aliphatic rings. The van der Waals surface area contributed by atoms with Crippen molar-refractivity contribution < 1.29 is 19.1 Å². The predicted molar refractivity (Wildman–Crippen MR) is 75.3 cm³/mol. The normalized spacial score (nSPS) is 11.2. The van der Waals surface area contributed by atoms with Gasteiger partial charge in [0.15, 0.2) is 6.10 Å². The van der Waals surface area contributed by atoms with Crippen LogP contribution in [0, 0.1) is 12.3 Å². The van der Waals surface area contributed by atoms with Crippen molar-refractivity contribution in [2.75, 3.05) is 0 Å². The van der Waals surface area contributed by atoms with Gasteiger partial charge in [0.2, 0.25) is 0 Å². The smallest absolute Gasteiger partial charge is 0.311 e. The van der Waals surface area contributed by atoms with Gasteiger partial charge in [0.05, 0.1) is 0 Å². The van der Waals surface area contributed by atoms with E-state index in [9.17, 15) is 9.59 Å². The minimum Gasteiger partial charge on any atom is -0.449 e. The highest BCUT2D eigenvalue weighted by atomic mass is 35.5. The van der Waals surface area contributed by atoms with Crippen molar-refractivity contribution in [2.45, 2.75) is 32.3 Å². The van der Waals surface area contributed by atoms with Crippen molar-refractivity contribution in [3.8, 4) is 18.1 Å². The Balaban J connectivity index is 2.27. The van der Waals surface area contributed by atoms with Gasteiger partial charge >= 0.3 is 11.9 Å². The first kappa shape index (κ1) is 16.1. The van der Waals surface area contributed by atoms with E-state index in [1.165, 1.54) is 0 Å². The number of ether oxygens (including phenoxy) is 2. The molecule has 0 N–H and O–H groups in total. The maximum atomic E-state index is 11.5. The minimum atomic E-state index is -0.555. The van der Waals surface area contributed by atoms with Crippen molar-refractivity contribution in [1.82, 2.24) is 0 Å². The molecule has 0 fully saturated rings. The zero-order valence-corrected chi connectivity index (χ0v) is 11.9. The third-order valence-corrected chi connectivity index (χ3v) is 2.57. The van der Waals surface area contributed by atoms with Gasteiger partial charge in [0, 0.05) is 17.9 Å². The van der Waals surface area contributed by atoms with Crippen LogP contribution in [0.1, 0.15) is 26.2 Å². The molecule has 0 heterocycles. The van der Waals surface area contributed by atoms with E-state index in [0.29, 0.717) is 17.2 Å². The number of benzene rings is 1. The fraction of sp³-hybridized carbons (Fsp3) is 0.333. The van der Waals surface area contributed by atoms with Crippen molar-refractivity contribution in [2.24, 2.45) is 0 Å². The number of terminal acetylenes is 1. The van der Waals surface area contributed by atoms with Gasteiger partial charge in [0.25, 0.3) is 0 Å². The second-order valence-electron chi connectivity index (χ2n) is 4.08. The van der Waals surface area contributed by atoms with Crippen molar-refractivity contribution in [3.63, 3.8) is 0 Å². The summed E-state index contributed by atoms with van der Waals surface area (Å²) in [6.45, 7) is 1.60. The number of carbonyl (C=O) groups is 2. The number of halogens is 1. The first-order valence-corrected chi connectivity index (χ1v) is 6.51. The lowest BCUT2D eigenvalue weighted by Crippen LogP contribution is -2.14. The van der Waals surface area contributed by atoms with E-state index in [2.05, 4.69) is 5.92 Å². The van der Waals surface area contributed by atoms with E-state index >= 15 is 0 Å². The largest absolute Gasteiger partial charge is 0.449 e. The van der Waals surface area contributed by atoms with Crippen LogP contribution in [0.4, 0.5) is 0 Å². The van der Waals surface area contributed by atoms with Crippen LogP contribution in [0.25, 0.3) is 0 Å². The number of carbonyl (C=O) groups excluding carboxylic acids is 2. The van der Waals surface area contributed by atoms with Gasteiger partial charge in [-0.3, -0.25) is 9.59 Å². The van der Waals surface area contributed by atoms with Gasteiger partial charge in [-0.15, -0.1) is 6.42 Å². The van der Waals surface area contributed by atoms with Gasteiger partial charge in [-0.1, -0.05) is 23.6 Å². The van der Waals surface area contributed by atoms with E-state index < -0.39 is 18.0 Å². The second-order valence-corrected chi connectivity index (χ2v) is 4.52. The molecule has 1 aromatic carbocycles. The fourth-order valence-electron chi connectivity index (χ4n) is 1.38. The summed E-state index contributed by atoms with van der Waals surface area (Å²) >= 11 is 5.77. The molecule has 0 bridgehead atoms. The molecule has 0 aromatic heterocycles. The van der Waals surface area contributed by atoms with Crippen LogP contribution < -0.4 is 4.74 Å². The van der Waals surface area contributed by atoms with Crippen molar-refractivity contribution in [1.29, 1.82) is 0 Å². The standard InChI is InChI=1S/C15H15ClO4/c1-3-11(2)19-14(17)8-5-9-15(18)20-13-7-4-6-12(16)10-13/h1,4,6-7,10-11H,5,8-9H2,2H3. The SMILES string of the molecule is C#CC(C)OC(=O)CCCC(=O)Oc1cccc(Cl)c1. The molecule has 1 unspecified atom stereocenters. The van der Waals surface area contributed by atoms with Crippen LogP contribution in [0.5, 0.6) is 5.75 Å². The molecule has 0 aliphatic heterocycles. The lowest BCUT2D eigenvalue weighted by molar-refractivity contribution is -0.146. The Kier molecular flexibility index (Phi) is 6.61. The average molecular weight is 295 g/mol. The Hall–Kier alpha value is -1.99. The summed E-state index contributed by atoms with van der Waals surface area (Å²) < 4.78 is 9.94. The summed E-state index contributed by atoms with van der Waals surface area (Å²) in [5.41, 5.74) is 0. The Bertz CT molecular complexity index is 519. The number of hydrogen-bond acceptors (Lipinski definition) is 4. The number of hydrogen-bond donors (Lipinski definition) is 0. The molecule has 0 amide bonds. The summed E-state index contributed by atoms with van der Waals surface area (Å²) in [5.74, 6) is 1.82. The highest BCUT2D eigenvalue weighted by molar-refractivity contribution is 6.30. The fourth-order valence-corrected chi connectivity index (χ4v) is 1.56. The molecular formula is C15H15ClO4. The molecule has 0 aliphatic carbocycles. The van der Waals surface area contributed by atoms with E-state index in [1.54, 1.807) is 31.2 Å². The molecule has 0 radical (unpaired) electrons. The predicted octanol–water partition coefficient (Wildman–Crippen LogP) is 2.98. The van der Waals surface area contributed by atoms with E-state index in [-0.39, 0.29) is 12.8 Å². The topological polar surface area (TPSA) is 52.6 Å². The Morgan fingerprint density at radius 2 is 2.05 bits per heavy atom. The maximum Gasteiger partial charge on any atom is 0.311 e. The summed E-state index contributed by atoms with van der Waals surface area (Å²) in [6.07, 6.45) is 5.11. The first-order chi connectivity index (χ1) is 9.51. The highest BCUT2D eigenvalue weighted by Crippen LogP contribution is 2.17. The molecule has 4 nitrogen and oxygen atoms in total. The molecule has 1 rings (SSSR count). The molecule has 1 atom stereocenters. The summed E-state index contributed by atoms with van der Waals surface area (Å²) in [7, 11) is 0. The van der Waals surface area contributed by atoms with Crippen LogP contribution in [-0.4, -0.2) is 18.0 Å². The zero-order valence-electron chi connectivity index (χ0n) is 11.1. The van der Waals surface area contributed by atoms with Crippen LogP contribution in [0.3, 0.4) is 0 Å². The third kappa shape index (κ3) is 6.26.